The van der Waals surface area contributed by atoms with E-state index in [2.05, 4.69) is 25.4 Å². The molecule has 2 aromatic heterocycles. The first kappa shape index (κ1) is 19.6. The molecule has 2 aromatic carbocycles. The lowest BCUT2D eigenvalue weighted by Crippen LogP contribution is -2.33. The van der Waals surface area contributed by atoms with Gasteiger partial charge in [-0.25, -0.2) is 9.07 Å². The molecule has 0 spiro atoms. The number of H-pyrrole nitrogens is 1. The van der Waals surface area contributed by atoms with Crippen molar-refractivity contribution >= 4 is 10.9 Å². The molecule has 3 heterocycles. The van der Waals surface area contributed by atoms with Crippen LogP contribution in [0.3, 0.4) is 0 Å². The minimum absolute atomic E-state index is 0.130. The number of halogens is 1. The van der Waals surface area contributed by atoms with Gasteiger partial charge in [0.05, 0.1) is 12.1 Å². The topological polar surface area (TPSA) is 79.7 Å². The van der Waals surface area contributed by atoms with Gasteiger partial charge >= 0.3 is 0 Å². The highest BCUT2D eigenvalue weighted by Gasteiger charge is 2.32. The Bertz CT molecular complexity index is 1270. The highest BCUT2D eigenvalue weighted by atomic mass is 19.1. The van der Waals surface area contributed by atoms with Crippen LogP contribution in [0, 0.1) is 12.7 Å². The van der Waals surface area contributed by atoms with E-state index in [-0.39, 0.29) is 17.4 Å². The van der Waals surface area contributed by atoms with Gasteiger partial charge in [-0.3, -0.25) is 9.69 Å². The number of rotatable bonds is 5. The fourth-order valence-electron chi connectivity index (χ4n) is 4.39. The molecule has 4 aromatic rings. The average Bonchev–Trinajstić information content (AvgIpc) is 3.44. The Labute approximate surface area is 178 Å². The Morgan fingerprint density at radius 3 is 2.68 bits per heavy atom. The summed E-state index contributed by atoms with van der Waals surface area (Å²) < 4.78 is 15.0. The van der Waals surface area contributed by atoms with Crippen molar-refractivity contribution in [3.8, 4) is 0 Å². The number of benzene rings is 2. The zero-order valence-corrected chi connectivity index (χ0v) is 17.3. The summed E-state index contributed by atoms with van der Waals surface area (Å²) in [7, 11) is 0. The number of nitrogens with zero attached hydrogens (tertiary/aromatic N) is 5. The molecule has 5 rings (SSSR count). The van der Waals surface area contributed by atoms with Crippen molar-refractivity contribution in [3.05, 3.63) is 87.2 Å². The second-order valence-corrected chi connectivity index (χ2v) is 8.06. The first-order valence-electron chi connectivity index (χ1n) is 10.5. The maximum absolute atomic E-state index is 13.3. The largest absolute Gasteiger partial charge is 0.321 e. The maximum Gasteiger partial charge on any atom is 0.253 e. The highest BCUT2D eigenvalue weighted by Crippen LogP contribution is 2.30. The number of hydrogen-bond acceptors (Lipinski definition) is 5. The number of likely N-dealkylation sites (tertiary alicyclic amines) is 1. The van der Waals surface area contributed by atoms with Crippen LogP contribution >= 0.6 is 0 Å². The smallest absolute Gasteiger partial charge is 0.253 e. The number of tetrazole rings is 1. The third-order valence-corrected chi connectivity index (χ3v) is 5.97. The van der Waals surface area contributed by atoms with Crippen LogP contribution in [0.15, 0.2) is 53.3 Å². The van der Waals surface area contributed by atoms with E-state index >= 15 is 0 Å². The Kier molecular flexibility index (Phi) is 5.07. The Morgan fingerprint density at radius 1 is 1.13 bits per heavy atom. The lowest BCUT2D eigenvalue weighted by atomic mass is 10.0. The predicted octanol–water partition coefficient (Wildman–Crippen LogP) is 3.20. The maximum atomic E-state index is 13.3. The second kappa shape index (κ2) is 8.03. The third kappa shape index (κ3) is 3.74. The first-order valence-corrected chi connectivity index (χ1v) is 10.5. The molecule has 1 aliphatic rings. The normalized spacial score (nSPS) is 15.5. The lowest BCUT2D eigenvalue weighted by molar-refractivity contribution is 0.263. The van der Waals surface area contributed by atoms with Crippen LogP contribution < -0.4 is 5.56 Å². The molecule has 0 aliphatic carbocycles. The summed E-state index contributed by atoms with van der Waals surface area (Å²) >= 11 is 0. The molecule has 0 unspecified atom stereocenters. The minimum atomic E-state index is -0.355. The van der Waals surface area contributed by atoms with E-state index in [0.29, 0.717) is 17.9 Å². The summed E-state index contributed by atoms with van der Waals surface area (Å²) in [5.74, 6) is 0.331. The van der Waals surface area contributed by atoms with Crippen molar-refractivity contribution in [1.82, 2.24) is 30.1 Å². The lowest BCUT2D eigenvalue weighted by Gasteiger charge is -2.26. The fourth-order valence-corrected chi connectivity index (χ4v) is 4.39. The van der Waals surface area contributed by atoms with Gasteiger partial charge in [-0.2, -0.15) is 0 Å². The molecular formula is C23H23FN6O. The van der Waals surface area contributed by atoms with Crippen molar-refractivity contribution in [2.75, 3.05) is 13.1 Å². The van der Waals surface area contributed by atoms with Crippen molar-refractivity contribution in [3.63, 3.8) is 0 Å². The van der Waals surface area contributed by atoms with Gasteiger partial charge in [-0.15, -0.1) is 5.10 Å². The molecule has 0 saturated carbocycles. The van der Waals surface area contributed by atoms with Crippen LogP contribution in [0.1, 0.15) is 41.4 Å². The van der Waals surface area contributed by atoms with Crippen LogP contribution in [0.2, 0.25) is 0 Å². The van der Waals surface area contributed by atoms with E-state index in [1.807, 2.05) is 31.2 Å². The van der Waals surface area contributed by atoms with Gasteiger partial charge < -0.3 is 4.98 Å². The SMILES string of the molecule is Cc1cccc2cc([C@@H](c3nnnn3Cc3ccc(F)cc3)N3CCCC3)c(=O)[nH]c12. The van der Waals surface area contributed by atoms with Crippen LogP contribution in [-0.2, 0) is 6.54 Å². The number of aromatic amines is 1. The van der Waals surface area contributed by atoms with Crippen molar-refractivity contribution in [1.29, 1.82) is 0 Å². The number of para-hydroxylation sites is 1. The zero-order chi connectivity index (χ0) is 21.4. The van der Waals surface area contributed by atoms with Gasteiger partial charge in [0.1, 0.15) is 11.9 Å². The van der Waals surface area contributed by atoms with E-state index in [4.69, 9.17) is 0 Å². The second-order valence-electron chi connectivity index (χ2n) is 8.06. The minimum Gasteiger partial charge on any atom is -0.321 e. The Balaban J connectivity index is 1.61. The molecule has 1 saturated heterocycles. The van der Waals surface area contributed by atoms with Gasteiger partial charge in [0.2, 0.25) is 0 Å². The average molecular weight is 418 g/mol. The van der Waals surface area contributed by atoms with Crippen LogP contribution in [0.4, 0.5) is 4.39 Å². The van der Waals surface area contributed by atoms with Gasteiger partial charge in [0.15, 0.2) is 5.82 Å². The summed E-state index contributed by atoms with van der Waals surface area (Å²) in [4.78, 5) is 18.5. The summed E-state index contributed by atoms with van der Waals surface area (Å²) in [6.07, 6.45) is 2.14. The van der Waals surface area contributed by atoms with E-state index in [9.17, 15) is 9.18 Å². The molecule has 0 amide bonds. The number of fused-ring (bicyclic) bond motifs is 1. The van der Waals surface area contributed by atoms with Gasteiger partial charge in [-0.05, 0) is 78.0 Å². The zero-order valence-electron chi connectivity index (χ0n) is 17.3. The molecule has 1 aliphatic heterocycles. The Hall–Kier alpha value is -3.39. The summed E-state index contributed by atoms with van der Waals surface area (Å²) in [6, 6.07) is 13.9. The van der Waals surface area contributed by atoms with Gasteiger partial charge in [-0.1, -0.05) is 30.3 Å². The molecule has 1 fully saturated rings. The number of aromatic nitrogens is 5. The summed E-state index contributed by atoms with van der Waals surface area (Å²) in [5.41, 5.74) is 3.27. The molecule has 7 nitrogen and oxygen atoms in total. The summed E-state index contributed by atoms with van der Waals surface area (Å²) in [6.45, 7) is 4.13. The molecular weight excluding hydrogens is 395 g/mol. The third-order valence-electron chi connectivity index (χ3n) is 5.97. The number of nitrogens with one attached hydrogen (secondary N) is 1. The predicted molar refractivity (Wildman–Crippen MR) is 115 cm³/mol. The summed E-state index contributed by atoms with van der Waals surface area (Å²) in [5, 5.41) is 13.4. The van der Waals surface area contributed by atoms with Gasteiger partial charge in [0.25, 0.3) is 5.56 Å². The van der Waals surface area contributed by atoms with Crippen LogP contribution in [0.5, 0.6) is 0 Å². The molecule has 0 radical (unpaired) electrons. The van der Waals surface area contributed by atoms with E-state index < -0.39 is 0 Å². The van der Waals surface area contributed by atoms with Crippen molar-refractivity contribution in [2.45, 2.75) is 32.4 Å². The van der Waals surface area contributed by atoms with Crippen LogP contribution in [0.25, 0.3) is 10.9 Å². The van der Waals surface area contributed by atoms with Crippen molar-refractivity contribution < 1.29 is 4.39 Å². The quantitative estimate of drug-likeness (QED) is 0.538. The standard InChI is InChI=1S/C23H23FN6O/c1-15-5-4-6-17-13-19(23(31)25-20(15)17)21(29-11-2-3-12-29)22-26-27-28-30(22)14-16-7-9-18(24)10-8-16/h4-10,13,21H,2-3,11-12,14H2,1H3,(H,25,31)/t21-/m0/s1. The molecule has 31 heavy (non-hydrogen) atoms. The number of hydrogen-bond donors (Lipinski definition) is 1. The number of pyridine rings is 1. The Morgan fingerprint density at radius 2 is 1.90 bits per heavy atom. The molecule has 1 N–H and O–H groups in total. The molecule has 0 bridgehead atoms. The molecule has 158 valence electrons. The van der Waals surface area contributed by atoms with E-state index in [1.54, 1.807) is 16.8 Å². The van der Waals surface area contributed by atoms with E-state index in [1.165, 1.54) is 12.1 Å². The van der Waals surface area contributed by atoms with E-state index in [0.717, 1.165) is 48.0 Å². The number of aryl methyl sites for hydroxylation is 1. The van der Waals surface area contributed by atoms with Crippen molar-refractivity contribution in [2.24, 2.45) is 0 Å². The monoisotopic (exact) mass is 418 g/mol. The highest BCUT2D eigenvalue weighted by molar-refractivity contribution is 5.82. The molecule has 8 heteroatoms. The molecule has 1 atom stereocenters. The van der Waals surface area contributed by atoms with Gasteiger partial charge in [0, 0.05) is 5.56 Å². The van der Waals surface area contributed by atoms with Crippen LogP contribution in [-0.4, -0.2) is 43.2 Å². The fraction of sp³-hybridized carbons (Fsp3) is 0.304. The first-order chi connectivity index (χ1) is 15.1.